The van der Waals surface area contributed by atoms with Gasteiger partial charge in [0, 0.05) is 49.4 Å². The van der Waals surface area contributed by atoms with Crippen LogP contribution in [0.1, 0.15) is 24.8 Å². The summed E-state index contributed by atoms with van der Waals surface area (Å²) in [5, 5.41) is 5.02. The number of likely N-dealkylation sites (N-methyl/N-ethyl adjacent to an activating group) is 1. The molecule has 1 aliphatic heterocycles. The predicted molar refractivity (Wildman–Crippen MR) is 148 cm³/mol. The highest BCUT2D eigenvalue weighted by Crippen LogP contribution is 2.33. The molecule has 1 aromatic carbocycles. The van der Waals surface area contributed by atoms with Crippen LogP contribution in [0.5, 0.6) is 0 Å². The van der Waals surface area contributed by atoms with E-state index in [1.807, 2.05) is 50.6 Å². The molecule has 36 heavy (non-hydrogen) atoms. The van der Waals surface area contributed by atoms with Gasteiger partial charge in [0.05, 0.1) is 27.0 Å². The number of aromatic nitrogens is 3. The minimum atomic E-state index is -3.11. The molecule has 194 valence electrons. The minimum Gasteiger partial charge on any atom is -0.353 e. The first kappa shape index (κ1) is 26.9. The van der Waals surface area contributed by atoms with Gasteiger partial charge in [-0.15, -0.1) is 11.3 Å². The van der Waals surface area contributed by atoms with Crippen molar-refractivity contribution in [2.75, 3.05) is 51.3 Å². The molecule has 0 unspecified atom stereocenters. The first-order chi connectivity index (χ1) is 17.2. The van der Waals surface area contributed by atoms with Crippen LogP contribution in [0.25, 0.3) is 21.8 Å². The van der Waals surface area contributed by atoms with Gasteiger partial charge < -0.3 is 10.2 Å². The molecular formula is C25H33ClN6O2S2. The molecule has 0 spiro atoms. The number of rotatable bonds is 10. The summed E-state index contributed by atoms with van der Waals surface area (Å²) < 4.78 is 25.9. The van der Waals surface area contributed by atoms with Crippen molar-refractivity contribution in [1.82, 2.24) is 24.2 Å². The zero-order chi connectivity index (χ0) is 25.7. The van der Waals surface area contributed by atoms with Crippen LogP contribution in [-0.4, -0.2) is 78.6 Å². The maximum atomic E-state index is 12.1. The Kier molecular flexibility index (Phi) is 8.95. The lowest BCUT2D eigenvalue weighted by Crippen LogP contribution is -2.39. The number of piperidine rings is 1. The molecule has 11 heteroatoms. The molecule has 8 nitrogen and oxygen atoms in total. The van der Waals surface area contributed by atoms with Crippen molar-refractivity contribution in [1.29, 1.82) is 0 Å². The minimum absolute atomic E-state index is 0.161. The molecule has 0 saturated carbocycles. The number of hydrogen-bond donors (Lipinski definition) is 1. The van der Waals surface area contributed by atoms with E-state index in [0.717, 1.165) is 59.2 Å². The van der Waals surface area contributed by atoms with Crippen molar-refractivity contribution < 1.29 is 8.42 Å². The van der Waals surface area contributed by atoms with Crippen molar-refractivity contribution in [2.45, 2.75) is 26.2 Å². The summed E-state index contributed by atoms with van der Waals surface area (Å²) in [7, 11) is 0.947. The number of nitrogens with one attached hydrogen (secondary N) is 1. The third-order valence-electron chi connectivity index (χ3n) is 6.32. The van der Waals surface area contributed by atoms with E-state index < -0.39 is 10.0 Å². The zero-order valence-electron chi connectivity index (χ0n) is 20.9. The molecular weight excluding hydrogens is 516 g/mol. The Balaban J connectivity index is 1.52. The Bertz CT molecular complexity index is 1270. The van der Waals surface area contributed by atoms with Crippen LogP contribution >= 0.6 is 22.9 Å². The number of nitrogens with zero attached hydrogens (tertiary/aromatic N) is 5. The van der Waals surface area contributed by atoms with E-state index in [0.29, 0.717) is 30.0 Å². The fraction of sp³-hybridized carbons (Fsp3) is 0.480. The standard InChI is InChI=1S/C25H33ClN6O2S2/c1-4-36(33,34)32-12-9-18(10-13-32)15-24-28-17-23(35-24)22-16-21(19-7-5-6-8-20(19)26)29-25(30-22)27-11-14-31(2)3/h5-8,16-18H,4,9-15H2,1-3H3,(H,27,29,30). The third-order valence-corrected chi connectivity index (χ3v) is 9.57. The summed E-state index contributed by atoms with van der Waals surface area (Å²) in [6, 6.07) is 9.64. The van der Waals surface area contributed by atoms with Crippen LogP contribution in [-0.2, 0) is 16.4 Å². The van der Waals surface area contributed by atoms with Gasteiger partial charge >= 0.3 is 0 Å². The molecule has 2 aromatic heterocycles. The molecule has 0 radical (unpaired) electrons. The monoisotopic (exact) mass is 548 g/mol. The Morgan fingerprint density at radius 3 is 2.58 bits per heavy atom. The lowest BCUT2D eigenvalue weighted by atomic mass is 9.95. The molecule has 1 N–H and O–H groups in total. The van der Waals surface area contributed by atoms with Gasteiger partial charge in [-0.2, -0.15) is 0 Å². The van der Waals surface area contributed by atoms with E-state index >= 15 is 0 Å². The van der Waals surface area contributed by atoms with Crippen molar-refractivity contribution in [3.63, 3.8) is 0 Å². The first-order valence-corrected chi connectivity index (χ1v) is 15.0. The van der Waals surface area contributed by atoms with Gasteiger partial charge in [-0.25, -0.2) is 27.7 Å². The zero-order valence-corrected chi connectivity index (χ0v) is 23.3. The molecule has 1 fully saturated rings. The summed E-state index contributed by atoms with van der Waals surface area (Å²) in [6.07, 6.45) is 4.44. The average molecular weight is 549 g/mol. The lowest BCUT2D eigenvalue weighted by Gasteiger charge is -2.30. The summed E-state index contributed by atoms with van der Waals surface area (Å²) in [5.41, 5.74) is 2.43. The van der Waals surface area contributed by atoms with Crippen molar-refractivity contribution in [3.8, 4) is 21.8 Å². The quantitative estimate of drug-likeness (QED) is 0.399. The Morgan fingerprint density at radius 2 is 1.89 bits per heavy atom. The average Bonchev–Trinajstić information content (AvgIpc) is 3.33. The Labute approximate surface area is 222 Å². The number of halogens is 1. The number of benzene rings is 1. The molecule has 4 rings (SSSR count). The van der Waals surface area contributed by atoms with Crippen LogP contribution < -0.4 is 5.32 Å². The van der Waals surface area contributed by atoms with Crippen LogP contribution in [0, 0.1) is 5.92 Å². The van der Waals surface area contributed by atoms with Crippen LogP contribution in [0.15, 0.2) is 36.5 Å². The van der Waals surface area contributed by atoms with Gasteiger partial charge in [-0.1, -0.05) is 29.8 Å². The fourth-order valence-electron chi connectivity index (χ4n) is 4.19. The SMILES string of the molecule is CCS(=O)(=O)N1CCC(Cc2ncc(-c3cc(-c4ccccc4Cl)nc(NCCN(C)C)n3)s2)CC1. The molecule has 0 aliphatic carbocycles. The van der Waals surface area contributed by atoms with Gasteiger partial charge in [0.25, 0.3) is 0 Å². The number of sulfonamides is 1. The highest BCUT2D eigenvalue weighted by atomic mass is 35.5. The second kappa shape index (κ2) is 12.0. The largest absolute Gasteiger partial charge is 0.353 e. The fourth-order valence-corrected chi connectivity index (χ4v) is 6.55. The van der Waals surface area contributed by atoms with E-state index in [1.54, 1.807) is 22.6 Å². The molecule has 1 saturated heterocycles. The summed E-state index contributed by atoms with van der Waals surface area (Å²) in [5.74, 6) is 1.15. The molecule has 3 heterocycles. The van der Waals surface area contributed by atoms with E-state index in [2.05, 4.69) is 15.2 Å². The van der Waals surface area contributed by atoms with E-state index in [4.69, 9.17) is 21.6 Å². The van der Waals surface area contributed by atoms with Crippen molar-refractivity contribution in [2.24, 2.45) is 5.92 Å². The molecule has 0 atom stereocenters. The first-order valence-electron chi connectivity index (χ1n) is 12.2. The van der Waals surface area contributed by atoms with Gasteiger partial charge in [0.1, 0.15) is 0 Å². The second-order valence-corrected chi connectivity index (χ2v) is 13.0. The number of hydrogen-bond acceptors (Lipinski definition) is 8. The summed E-state index contributed by atoms with van der Waals surface area (Å²) >= 11 is 8.11. The maximum Gasteiger partial charge on any atom is 0.223 e. The normalized spacial score (nSPS) is 15.5. The van der Waals surface area contributed by atoms with Crippen LogP contribution in [0.3, 0.4) is 0 Å². The molecule has 0 amide bonds. The van der Waals surface area contributed by atoms with Gasteiger partial charge in [0.2, 0.25) is 16.0 Å². The van der Waals surface area contributed by atoms with Crippen LogP contribution in [0.4, 0.5) is 5.95 Å². The smallest absolute Gasteiger partial charge is 0.223 e. The second-order valence-electron chi connectivity index (χ2n) is 9.24. The molecule has 1 aliphatic rings. The van der Waals surface area contributed by atoms with E-state index in [-0.39, 0.29) is 5.75 Å². The Hall–Kier alpha value is -2.11. The highest BCUT2D eigenvalue weighted by Gasteiger charge is 2.27. The van der Waals surface area contributed by atoms with Crippen molar-refractivity contribution in [3.05, 3.63) is 46.6 Å². The maximum absolute atomic E-state index is 12.1. The Morgan fingerprint density at radius 1 is 1.17 bits per heavy atom. The number of anilines is 1. The van der Waals surface area contributed by atoms with E-state index in [9.17, 15) is 8.42 Å². The number of thiazole rings is 1. The third kappa shape index (κ3) is 6.80. The molecule has 3 aromatic rings. The summed E-state index contributed by atoms with van der Waals surface area (Å²) in [4.78, 5) is 17.3. The predicted octanol–water partition coefficient (Wildman–Crippen LogP) is 4.50. The topological polar surface area (TPSA) is 91.3 Å². The van der Waals surface area contributed by atoms with Gasteiger partial charge in [-0.3, -0.25) is 0 Å². The van der Waals surface area contributed by atoms with Gasteiger partial charge in [0.15, 0.2) is 0 Å². The van der Waals surface area contributed by atoms with E-state index in [1.165, 1.54) is 0 Å². The van der Waals surface area contributed by atoms with Crippen LogP contribution in [0.2, 0.25) is 5.02 Å². The highest BCUT2D eigenvalue weighted by molar-refractivity contribution is 7.89. The van der Waals surface area contributed by atoms with Crippen molar-refractivity contribution >= 4 is 38.9 Å². The van der Waals surface area contributed by atoms with Gasteiger partial charge in [-0.05, 0) is 51.9 Å². The molecule has 0 bridgehead atoms. The lowest BCUT2D eigenvalue weighted by molar-refractivity contribution is 0.273. The summed E-state index contributed by atoms with van der Waals surface area (Å²) in [6.45, 7) is 4.46.